The Labute approximate surface area is 308 Å². The van der Waals surface area contributed by atoms with Crippen LogP contribution in [0.1, 0.15) is 44.5 Å². The monoisotopic (exact) mass is 759 g/mol. The molecule has 17 nitrogen and oxygen atoms in total. The van der Waals surface area contributed by atoms with Crippen molar-refractivity contribution in [3.8, 4) is 10.4 Å². The van der Waals surface area contributed by atoms with Gasteiger partial charge in [-0.2, -0.15) is 0 Å². The van der Waals surface area contributed by atoms with Gasteiger partial charge in [-0.3, -0.25) is 33.6 Å². The summed E-state index contributed by atoms with van der Waals surface area (Å²) in [5, 5.41) is 23.4. The highest BCUT2D eigenvalue weighted by molar-refractivity contribution is 8.00. The molecule has 1 aromatic heterocycles. The Bertz CT molecular complexity index is 1680. The highest BCUT2D eigenvalue weighted by atomic mass is 32.2. The lowest BCUT2D eigenvalue weighted by molar-refractivity contribution is -0.144. The number of nitrogens with one attached hydrogen (secondary N) is 5. The fourth-order valence-corrected chi connectivity index (χ4v) is 7.43. The molecule has 0 aliphatic carbocycles. The lowest BCUT2D eigenvalue weighted by Crippen LogP contribution is -2.58. The van der Waals surface area contributed by atoms with Gasteiger partial charge in [-0.25, -0.2) is 4.98 Å². The molecule has 3 heterocycles. The normalized spacial score (nSPS) is 26.2. The molecule has 2 aromatic rings. The molecule has 0 bridgehead atoms. The fraction of sp³-hybridized carbons (Fsp3) is 0.515. The number of nitrogens with two attached hydrogens (primary N) is 2. The zero-order valence-corrected chi connectivity index (χ0v) is 30.9. The van der Waals surface area contributed by atoms with Crippen molar-refractivity contribution in [3.63, 3.8) is 0 Å². The van der Waals surface area contributed by atoms with Crippen molar-refractivity contribution in [2.45, 2.75) is 70.4 Å². The molecule has 2 aliphatic rings. The predicted octanol–water partition coefficient (Wildman–Crippen LogP) is -1.95. The first kappa shape index (κ1) is 40.2. The first-order valence-electron chi connectivity index (χ1n) is 16.5. The zero-order chi connectivity index (χ0) is 38.3. The minimum Gasteiger partial charge on any atom is -0.391 e. The lowest BCUT2D eigenvalue weighted by Gasteiger charge is -2.35. The van der Waals surface area contributed by atoms with Gasteiger partial charge in [0.05, 0.1) is 34.5 Å². The molecular formula is C33H45N9O8S2. The zero-order valence-electron chi connectivity index (χ0n) is 29.3. The molecule has 10 N–H and O–H groups in total. The van der Waals surface area contributed by atoms with Crippen LogP contribution in [0, 0.1) is 12.3 Å². The second-order valence-corrected chi connectivity index (χ2v) is 15.5. The predicted molar refractivity (Wildman–Crippen MR) is 193 cm³/mol. The van der Waals surface area contributed by atoms with Crippen LogP contribution < -0.4 is 38.1 Å². The van der Waals surface area contributed by atoms with E-state index in [-0.39, 0.29) is 31.0 Å². The van der Waals surface area contributed by atoms with Crippen LogP contribution >= 0.6 is 23.1 Å². The number of benzene rings is 1. The van der Waals surface area contributed by atoms with E-state index in [4.69, 9.17) is 11.5 Å². The highest BCUT2D eigenvalue weighted by Crippen LogP contribution is 2.30. The van der Waals surface area contributed by atoms with Gasteiger partial charge in [0.2, 0.25) is 41.4 Å². The number of aliphatic hydroxyl groups is 1. The molecule has 0 radical (unpaired) electrons. The summed E-state index contributed by atoms with van der Waals surface area (Å²) in [6.07, 6.45) is -1.19. The standard InChI is InChI=1S/C33H45N9O8S2/c1-16-26(52-15-37-16)18-7-5-17(6-8-18)25-31(49)36-11-23(44)38-20(10-34)29(47)39-21(28(35)46)13-51-14-24(45)40-27(33(2,3)4)32(50)42-12-19(43)9-22(42)30(48)41-25/h5-8,15,19-22,25,27,43H,9-14,34H2,1-4H3,(H2,35,46)(H,36,49)(H,38,44)(H,39,47)(H,40,45)(H,41,48)/t19-,20-,21-,22+,25+,27-/m1/s1. The van der Waals surface area contributed by atoms with E-state index in [9.17, 15) is 38.7 Å². The van der Waals surface area contributed by atoms with Crippen LogP contribution in [0.3, 0.4) is 0 Å². The largest absolute Gasteiger partial charge is 0.391 e. The molecule has 1 aromatic carbocycles. The second kappa shape index (κ2) is 17.3. The van der Waals surface area contributed by atoms with Crippen LogP contribution in [-0.2, 0) is 33.6 Å². The van der Waals surface area contributed by atoms with Crippen molar-refractivity contribution in [3.05, 3.63) is 41.0 Å². The number of aromatic nitrogens is 1. The van der Waals surface area contributed by atoms with Crippen molar-refractivity contribution >= 4 is 64.4 Å². The van der Waals surface area contributed by atoms with Crippen LogP contribution in [-0.4, -0.2) is 118 Å². The number of aliphatic hydroxyl groups excluding tert-OH is 1. The Morgan fingerprint density at radius 2 is 1.67 bits per heavy atom. The van der Waals surface area contributed by atoms with Gasteiger partial charge in [0.15, 0.2) is 0 Å². The van der Waals surface area contributed by atoms with E-state index in [1.807, 2.05) is 6.92 Å². The van der Waals surface area contributed by atoms with Crippen LogP contribution in [0.15, 0.2) is 29.8 Å². The number of nitrogens with zero attached hydrogens (tertiary/aromatic N) is 2. The van der Waals surface area contributed by atoms with Gasteiger partial charge in [0.25, 0.3) is 0 Å². The summed E-state index contributed by atoms with van der Waals surface area (Å²) in [6.45, 7) is 5.87. The highest BCUT2D eigenvalue weighted by Gasteiger charge is 2.45. The summed E-state index contributed by atoms with van der Waals surface area (Å²) < 4.78 is 0. The average molecular weight is 760 g/mol. The van der Waals surface area contributed by atoms with E-state index in [0.29, 0.717) is 5.56 Å². The van der Waals surface area contributed by atoms with Gasteiger partial charge in [-0.05, 0) is 23.5 Å². The number of thiazole rings is 1. The number of primary amides is 1. The minimum absolute atomic E-state index is 0.114. The molecule has 0 spiro atoms. The molecule has 6 atom stereocenters. The van der Waals surface area contributed by atoms with Crippen LogP contribution in [0.4, 0.5) is 0 Å². The van der Waals surface area contributed by atoms with Gasteiger partial charge in [-0.1, -0.05) is 45.0 Å². The van der Waals surface area contributed by atoms with E-state index in [2.05, 4.69) is 31.6 Å². The van der Waals surface area contributed by atoms with Crippen molar-refractivity contribution in [1.82, 2.24) is 36.5 Å². The molecule has 7 amide bonds. The van der Waals surface area contributed by atoms with Crippen molar-refractivity contribution in [2.75, 3.05) is 31.1 Å². The molecule has 0 saturated carbocycles. The summed E-state index contributed by atoms with van der Waals surface area (Å²) in [4.78, 5) is 99.2. The van der Waals surface area contributed by atoms with E-state index >= 15 is 0 Å². The maximum absolute atomic E-state index is 14.1. The van der Waals surface area contributed by atoms with E-state index in [1.165, 1.54) is 16.2 Å². The van der Waals surface area contributed by atoms with Gasteiger partial charge in [0.1, 0.15) is 30.2 Å². The summed E-state index contributed by atoms with van der Waals surface area (Å²) in [5.41, 5.74) is 14.1. The minimum atomic E-state index is -1.36. The molecule has 4 rings (SSSR count). The van der Waals surface area contributed by atoms with E-state index in [0.717, 1.165) is 27.9 Å². The number of fused-ring (bicyclic) bond motifs is 1. The maximum atomic E-state index is 14.1. The molecule has 2 aliphatic heterocycles. The van der Waals surface area contributed by atoms with Crippen LogP contribution in [0.5, 0.6) is 0 Å². The molecule has 52 heavy (non-hydrogen) atoms. The van der Waals surface area contributed by atoms with Crippen LogP contribution in [0.2, 0.25) is 0 Å². The van der Waals surface area contributed by atoms with Gasteiger partial charge >= 0.3 is 0 Å². The SMILES string of the molecule is Cc1ncsc1-c1ccc([C@@H]2NC(=O)[C@@H]3C[C@@H](O)CN3C(=O)[C@H](C(C)(C)C)NC(=O)CSC[C@H](C(N)=O)NC(=O)[C@@H](CN)NC(=O)CNC2=O)cc1. The number of thioether (sulfide) groups is 1. The molecular weight excluding hydrogens is 715 g/mol. The first-order valence-corrected chi connectivity index (χ1v) is 18.6. The Morgan fingerprint density at radius 3 is 2.27 bits per heavy atom. The van der Waals surface area contributed by atoms with Crippen molar-refractivity contribution in [1.29, 1.82) is 0 Å². The number of carbonyl (C=O) groups is 7. The topological polar surface area (TPSA) is 268 Å². The number of amides is 7. The number of carbonyl (C=O) groups excluding carboxylic acids is 7. The number of rotatable bonds is 4. The Morgan fingerprint density at radius 1 is 0.981 bits per heavy atom. The van der Waals surface area contributed by atoms with Crippen molar-refractivity contribution < 1.29 is 38.7 Å². The number of aryl methyl sites for hydroxylation is 1. The van der Waals surface area contributed by atoms with Crippen LogP contribution in [0.25, 0.3) is 10.4 Å². The smallest absolute Gasteiger partial charge is 0.247 e. The molecule has 282 valence electrons. The summed E-state index contributed by atoms with van der Waals surface area (Å²) in [5.74, 6) is -5.56. The molecule has 0 unspecified atom stereocenters. The first-order chi connectivity index (χ1) is 24.5. The third-order valence-electron chi connectivity index (χ3n) is 8.57. The summed E-state index contributed by atoms with van der Waals surface area (Å²) in [7, 11) is 0. The third-order valence-corrected chi connectivity index (χ3v) is 10.6. The van der Waals surface area contributed by atoms with Gasteiger partial charge in [0, 0.05) is 25.3 Å². The Kier molecular flexibility index (Phi) is 13.4. The maximum Gasteiger partial charge on any atom is 0.247 e. The lowest BCUT2D eigenvalue weighted by atomic mass is 9.85. The Balaban J connectivity index is 1.69. The molecule has 19 heteroatoms. The Hall–Kier alpha value is -4.59. The fourth-order valence-electron chi connectivity index (χ4n) is 5.75. The number of hydrogen-bond donors (Lipinski definition) is 8. The third kappa shape index (κ3) is 10.0. The van der Waals surface area contributed by atoms with E-state index in [1.54, 1.807) is 50.5 Å². The number of hydrogen-bond acceptors (Lipinski definition) is 12. The van der Waals surface area contributed by atoms with Crippen molar-refractivity contribution in [2.24, 2.45) is 16.9 Å². The molecule has 2 saturated heterocycles. The summed E-state index contributed by atoms with van der Waals surface area (Å²) >= 11 is 2.41. The second-order valence-electron chi connectivity index (χ2n) is 13.6. The van der Waals surface area contributed by atoms with E-state index < -0.39 is 89.6 Å². The van der Waals surface area contributed by atoms with Gasteiger partial charge in [-0.15, -0.1) is 23.1 Å². The quantitative estimate of drug-likeness (QED) is 0.170. The van der Waals surface area contributed by atoms with Gasteiger partial charge < -0.3 is 48.1 Å². The average Bonchev–Trinajstić information content (AvgIpc) is 3.70. The summed E-state index contributed by atoms with van der Waals surface area (Å²) in [6, 6.07) is 0.563. The molecule has 2 fully saturated rings.